The molecular weight excluding hydrogens is 551 g/mol. The van der Waals surface area contributed by atoms with Gasteiger partial charge in [-0.05, 0) is 73.5 Å². The van der Waals surface area contributed by atoms with Gasteiger partial charge in [0.15, 0.2) is 0 Å². The Kier molecular flexibility index (Phi) is 7.20. The maximum absolute atomic E-state index is 15.2. The normalized spacial score (nSPS) is 21.1. The summed E-state index contributed by atoms with van der Waals surface area (Å²) >= 11 is 0. The highest BCUT2D eigenvalue weighted by Crippen LogP contribution is 2.47. The van der Waals surface area contributed by atoms with Gasteiger partial charge in [0.25, 0.3) is 5.56 Å². The summed E-state index contributed by atoms with van der Waals surface area (Å²) < 4.78 is 22.4. The summed E-state index contributed by atoms with van der Waals surface area (Å²) in [5, 5.41) is 14.0. The zero-order valence-corrected chi connectivity index (χ0v) is 25.6. The predicted molar refractivity (Wildman–Crippen MR) is 160 cm³/mol. The average molecular weight is 591 g/mol. The first-order valence-electron chi connectivity index (χ1n) is 15.3. The first-order valence-corrected chi connectivity index (χ1v) is 15.3. The van der Waals surface area contributed by atoms with E-state index in [1.54, 1.807) is 25.3 Å². The van der Waals surface area contributed by atoms with Crippen LogP contribution in [0.4, 0.5) is 4.39 Å². The van der Waals surface area contributed by atoms with Crippen LogP contribution in [-0.4, -0.2) is 50.6 Å². The smallest absolute Gasteiger partial charge is 0.331 e. The van der Waals surface area contributed by atoms with Gasteiger partial charge >= 0.3 is 11.9 Å². The van der Waals surface area contributed by atoms with Crippen molar-refractivity contribution in [3.05, 3.63) is 61.7 Å². The van der Waals surface area contributed by atoms with Gasteiger partial charge in [0.1, 0.15) is 24.0 Å². The van der Waals surface area contributed by atoms with Gasteiger partial charge in [0.05, 0.1) is 29.0 Å². The van der Waals surface area contributed by atoms with E-state index < -0.39 is 23.5 Å². The van der Waals surface area contributed by atoms with Gasteiger partial charge in [-0.15, -0.1) is 0 Å². The molecule has 2 N–H and O–H groups in total. The maximum atomic E-state index is 15.2. The van der Waals surface area contributed by atoms with Crippen LogP contribution in [0.15, 0.2) is 16.9 Å². The average Bonchev–Trinajstić information content (AvgIpc) is 3.35. The number of rotatable bonds is 8. The predicted octanol–water partition coefficient (Wildman–Crippen LogP) is 4.56. The number of nitrogens with one attached hydrogen (secondary N) is 1. The Morgan fingerprint density at radius 1 is 1.21 bits per heavy atom. The number of hydrogen-bond donors (Lipinski definition) is 2. The number of aliphatic carboxylic acids is 1. The molecule has 1 aliphatic carbocycles. The fourth-order valence-electron chi connectivity index (χ4n) is 7.59. The number of cyclic esters (lactones) is 1. The van der Waals surface area contributed by atoms with Gasteiger partial charge in [0, 0.05) is 23.1 Å². The molecule has 3 aliphatic rings. The monoisotopic (exact) mass is 590 g/mol. The van der Waals surface area contributed by atoms with Gasteiger partial charge in [0.2, 0.25) is 0 Å². The number of halogens is 1. The molecule has 228 valence electrons. The van der Waals surface area contributed by atoms with Crippen molar-refractivity contribution in [2.75, 3.05) is 13.1 Å². The van der Waals surface area contributed by atoms with Gasteiger partial charge in [-0.3, -0.25) is 19.8 Å². The molecule has 0 saturated carbocycles. The number of carbonyl (C=O) groups excluding carboxylic acids is 1. The third-order valence-electron chi connectivity index (χ3n) is 9.98. The lowest BCUT2D eigenvalue weighted by Crippen LogP contribution is -2.60. The van der Waals surface area contributed by atoms with Gasteiger partial charge in [-0.1, -0.05) is 34.6 Å². The van der Waals surface area contributed by atoms with E-state index in [0.717, 1.165) is 48.0 Å². The van der Waals surface area contributed by atoms with Crippen LogP contribution >= 0.6 is 0 Å². The van der Waals surface area contributed by atoms with Crippen LogP contribution in [-0.2, 0) is 39.4 Å². The first kappa shape index (κ1) is 29.4. The number of ether oxygens (including phenoxy) is 1. The van der Waals surface area contributed by atoms with Crippen LogP contribution in [0, 0.1) is 18.7 Å². The van der Waals surface area contributed by atoms with Crippen molar-refractivity contribution in [3.63, 3.8) is 0 Å². The minimum Gasteiger partial charge on any atom is -0.480 e. The summed E-state index contributed by atoms with van der Waals surface area (Å²) in [5.41, 5.74) is 4.34. The molecule has 0 amide bonds. The molecule has 0 bridgehead atoms. The molecule has 6 rings (SSSR count). The van der Waals surface area contributed by atoms with E-state index in [1.165, 1.54) is 6.07 Å². The molecular formula is C33H39FN4O5. The quantitative estimate of drug-likeness (QED) is 0.287. The van der Waals surface area contributed by atoms with E-state index >= 15 is 4.39 Å². The van der Waals surface area contributed by atoms with Crippen LogP contribution in [0.25, 0.3) is 22.3 Å². The highest BCUT2D eigenvalue weighted by molar-refractivity contribution is 5.93. The molecule has 9 nitrogen and oxygen atoms in total. The Labute approximate surface area is 250 Å². The van der Waals surface area contributed by atoms with Crippen LogP contribution in [0.5, 0.6) is 0 Å². The van der Waals surface area contributed by atoms with Crippen molar-refractivity contribution in [1.29, 1.82) is 0 Å². The van der Waals surface area contributed by atoms with E-state index in [2.05, 4.69) is 24.1 Å². The van der Waals surface area contributed by atoms with Crippen molar-refractivity contribution in [2.24, 2.45) is 5.92 Å². The fraction of sp³-hybridized carbons (Fsp3) is 0.515. The number of carbonyl (C=O) groups is 2. The van der Waals surface area contributed by atoms with Crippen LogP contribution in [0.1, 0.15) is 86.9 Å². The SMILES string of the molecule is CCN(CC)[C@H]1CCc2c(C)c(F)cc3nc4c(c1c23)Cn1c-4cc2c(c1=O)COC(=O)[C@@]2(CC)N[C@H](C(=O)O)C(C)C. The van der Waals surface area contributed by atoms with E-state index in [-0.39, 0.29) is 36.4 Å². The van der Waals surface area contributed by atoms with Crippen molar-refractivity contribution < 1.29 is 23.8 Å². The summed E-state index contributed by atoms with van der Waals surface area (Å²) in [6.07, 6.45) is 1.77. The Hall–Kier alpha value is -3.63. The molecule has 2 aromatic heterocycles. The number of nitrogens with zero attached hydrogens (tertiary/aromatic N) is 3. The van der Waals surface area contributed by atoms with Crippen molar-refractivity contribution >= 4 is 22.8 Å². The van der Waals surface area contributed by atoms with Gasteiger partial charge in [-0.2, -0.15) is 0 Å². The Bertz CT molecular complexity index is 1740. The summed E-state index contributed by atoms with van der Waals surface area (Å²) in [6.45, 7) is 13.2. The lowest BCUT2D eigenvalue weighted by atomic mass is 9.80. The van der Waals surface area contributed by atoms with Crippen molar-refractivity contribution in [3.8, 4) is 11.4 Å². The zero-order chi connectivity index (χ0) is 31.0. The molecule has 2 aliphatic heterocycles. The number of fused-ring (bicyclic) bond motifs is 5. The maximum Gasteiger partial charge on any atom is 0.331 e. The van der Waals surface area contributed by atoms with Gasteiger partial charge in [-0.25, -0.2) is 14.2 Å². The van der Waals surface area contributed by atoms with Crippen LogP contribution in [0.3, 0.4) is 0 Å². The third-order valence-corrected chi connectivity index (χ3v) is 9.98. The summed E-state index contributed by atoms with van der Waals surface area (Å²) in [5.74, 6) is -2.33. The van der Waals surface area contributed by atoms with E-state index in [9.17, 15) is 19.5 Å². The molecule has 43 heavy (non-hydrogen) atoms. The second kappa shape index (κ2) is 10.5. The summed E-state index contributed by atoms with van der Waals surface area (Å²) in [6, 6.07) is 2.35. The number of pyridine rings is 2. The van der Waals surface area contributed by atoms with Crippen molar-refractivity contribution in [1.82, 2.24) is 19.8 Å². The number of hydrogen-bond acceptors (Lipinski definition) is 7. The summed E-state index contributed by atoms with van der Waals surface area (Å²) in [7, 11) is 0. The number of carboxylic acid groups (broad SMARTS) is 1. The lowest BCUT2D eigenvalue weighted by Gasteiger charge is -2.39. The fourth-order valence-corrected chi connectivity index (χ4v) is 7.59. The minimum atomic E-state index is -1.52. The third kappa shape index (κ3) is 4.17. The molecule has 4 heterocycles. The zero-order valence-electron chi connectivity index (χ0n) is 25.6. The number of esters is 1. The van der Waals surface area contributed by atoms with Crippen LogP contribution in [0.2, 0.25) is 0 Å². The number of benzene rings is 1. The number of aromatic nitrogens is 2. The second-order valence-electron chi connectivity index (χ2n) is 12.3. The molecule has 0 saturated heterocycles. The van der Waals surface area contributed by atoms with Crippen LogP contribution < -0.4 is 10.9 Å². The molecule has 0 spiro atoms. The largest absolute Gasteiger partial charge is 0.480 e. The standard InChI is InChI=1S/C33H39FN4O5/c1-7-33(36-28(16(4)5)31(40)41)21-12-25-29-19(14-38(25)30(39)20(21)15-43-32(33)42)27-24(37(8-2)9-3)11-10-18-17(6)22(34)13-23(35-29)26(18)27/h12-13,16,24,28,36H,7-11,14-15H2,1-6H3,(H,40,41)/t24-,28-,33-/m0/s1. The van der Waals surface area contributed by atoms with Crippen molar-refractivity contribution in [2.45, 2.75) is 91.6 Å². The van der Waals surface area contributed by atoms with Gasteiger partial charge < -0.3 is 14.4 Å². The van der Waals surface area contributed by atoms with E-state index in [1.807, 2.05) is 13.0 Å². The highest BCUT2D eigenvalue weighted by Gasteiger charge is 2.49. The Balaban J connectivity index is 1.63. The molecule has 0 radical (unpaired) electrons. The molecule has 0 fully saturated rings. The first-order chi connectivity index (χ1) is 20.5. The second-order valence-corrected chi connectivity index (χ2v) is 12.3. The molecule has 3 aromatic rings. The lowest BCUT2D eigenvalue weighted by molar-refractivity contribution is -0.158. The number of aryl methyl sites for hydroxylation is 1. The number of carboxylic acids is 1. The highest BCUT2D eigenvalue weighted by atomic mass is 19.1. The Morgan fingerprint density at radius 3 is 2.56 bits per heavy atom. The topological polar surface area (TPSA) is 114 Å². The molecule has 10 heteroatoms. The molecule has 1 aromatic carbocycles. The molecule has 3 atom stereocenters. The summed E-state index contributed by atoms with van der Waals surface area (Å²) in [4.78, 5) is 47.3. The molecule has 0 unspecified atom stereocenters. The minimum absolute atomic E-state index is 0.0925. The van der Waals surface area contributed by atoms with E-state index in [4.69, 9.17) is 9.72 Å². The Morgan fingerprint density at radius 2 is 1.93 bits per heavy atom. The van der Waals surface area contributed by atoms with E-state index in [0.29, 0.717) is 40.1 Å².